The van der Waals surface area contributed by atoms with Gasteiger partial charge in [-0.15, -0.1) is 0 Å². The van der Waals surface area contributed by atoms with E-state index in [-0.39, 0.29) is 9.79 Å². The minimum absolute atomic E-state index is 0.263. The molecule has 0 saturated heterocycles. The molecule has 0 saturated carbocycles. The van der Waals surface area contributed by atoms with E-state index in [0.29, 0.717) is 5.69 Å². The largest absolute Gasteiger partial charge is 0.387 e. The maximum Gasteiger partial charge on any atom is 0.208 e. The molecule has 3 rings (SSSR count). The van der Waals surface area contributed by atoms with Crippen molar-refractivity contribution in [3.63, 3.8) is 0 Å². The molecule has 0 aliphatic rings. The van der Waals surface area contributed by atoms with Crippen LogP contribution in [0.15, 0.2) is 82.8 Å². The van der Waals surface area contributed by atoms with Crippen LogP contribution in [0.5, 0.6) is 0 Å². The first kappa shape index (κ1) is 15.2. The molecule has 0 radical (unpaired) electrons. The Bertz CT molecular complexity index is 908. The average Bonchev–Trinajstić information content (AvgIpc) is 2.62. The van der Waals surface area contributed by atoms with E-state index in [2.05, 4.69) is 10.3 Å². The molecule has 5 heteroatoms. The zero-order valence-corrected chi connectivity index (χ0v) is 13.4. The number of aromatic nitrogens is 1. The summed E-state index contributed by atoms with van der Waals surface area (Å²) in [7, 11) is -1.84. The molecule has 0 atom stereocenters. The molecule has 0 fully saturated rings. The Morgan fingerprint density at radius 2 is 1.70 bits per heavy atom. The average molecular weight is 324 g/mol. The standard InChI is InChI=1S/C18H16N2O2S/c1-19-17-12-14(15-6-5-11-20-13-15)9-10-18(17)23(21,22)16-7-3-2-4-8-16/h2-13,19H,1H3. The van der Waals surface area contributed by atoms with Gasteiger partial charge in [0, 0.05) is 25.0 Å². The number of sulfone groups is 1. The Labute approximate surface area is 135 Å². The number of anilines is 1. The molecular formula is C18H16N2O2S. The van der Waals surface area contributed by atoms with Crippen molar-refractivity contribution in [1.29, 1.82) is 0 Å². The van der Waals surface area contributed by atoms with E-state index in [4.69, 9.17) is 0 Å². The molecule has 23 heavy (non-hydrogen) atoms. The number of hydrogen-bond acceptors (Lipinski definition) is 4. The number of nitrogens with one attached hydrogen (secondary N) is 1. The van der Waals surface area contributed by atoms with E-state index >= 15 is 0 Å². The van der Waals surface area contributed by atoms with E-state index in [9.17, 15) is 8.42 Å². The number of benzene rings is 2. The summed E-state index contributed by atoms with van der Waals surface area (Å²) in [5.41, 5.74) is 2.41. The van der Waals surface area contributed by atoms with Gasteiger partial charge in [-0.25, -0.2) is 8.42 Å². The lowest BCUT2D eigenvalue weighted by Crippen LogP contribution is -2.06. The third kappa shape index (κ3) is 2.96. The summed E-state index contributed by atoms with van der Waals surface area (Å²) in [6.07, 6.45) is 3.46. The third-order valence-corrected chi connectivity index (χ3v) is 5.41. The van der Waals surface area contributed by atoms with Crippen molar-refractivity contribution in [1.82, 2.24) is 4.98 Å². The van der Waals surface area contributed by atoms with Gasteiger partial charge in [0.15, 0.2) is 0 Å². The van der Waals surface area contributed by atoms with Crippen molar-refractivity contribution >= 4 is 15.5 Å². The van der Waals surface area contributed by atoms with Crippen LogP contribution in [0.4, 0.5) is 5.69 Å². The second-order valence-corrected chi connectivity index (χ2v) is 6.94. The van der Waals surface area contributed by atoms with Crippen LogP contribution >= 0.6 is 0 Å². The summed E-state index contributed by atoms with van der Waals surface area (Å²) < 4.78 is 25.6. The van der Waals surface area contributed by atoms with Gasteiger partial charge in [-0.1, -0.05) is 30.3 Å². The first-order valence-corrected chi connectivity index (χ1v) is 8.63. The smallest absolute Gasteiger partial charge is 0.208 e. The van der Waals surface area contributed by atoms with Crippen LogP contribution in [0.2, 0.25) is 0 Å². The molecular weight excluding hydrogens is 308 g/mol. The van der Waals surface area contributed by atoms with E-state index in [1.54, 1.807) is 61.9 Å². The molecule has 0 unspecified atom stereocenters. The molecule has 0 spiro atoms. The number of pyridine rings is 1. The van der Waals surface area contributed by atoms with Crippen LogP contribution in [-0.4, -0.2) is 20.4 Å². The quantitative estimate of drug-likeness (QED) is 0.796. The second-order valence-electron chi connectivity index (χ2n) is 5.02. The fourth-order valence-electron chi connectivity index (χ4n) is 2.40. The molecule has 0 aliphatic heterocycles. The van der Waals surface area contributed by atoms with Gasteiger partial charge in [0.2, 0.25) is 9.84 Å². The number of rotatable bonds is 4. The van der Waals surface area contributed by atoms with Gasteiger partial charge in [0.25, 0.3) is 0 Å². The van der Waals surface area contributed by atoms with Gasteiger partial charge in [0.1, 0.15) is 0 Å². The van der Waals surface area contributed by atoms with Crippen LogP contribution in [0, 0.1) is 0 Å². The Morgan fingerprint density at radius 3 is 2.35 bits per heavy atom. The Balaban J connectivity index is 2.11. The van der Waals surface area contributed by atoms with E-state index < -0.39 is 9.84 Å². The third-order valence-electron chi connectivity index (χ3n) is 3.59. The Hall–Kier alpha value is -2.66. The predicted molar refractivity (Wildman–Crippen MR) is 91.1 cm³/mol. The number of hydrogen-bond donors (Lipinski definition) is 1. The van der Waals surface area contributed by atoms with Gasteiger partial charge in [0.05, 0.1) is 15.5 Å². The van der Waals surface area contributed by atoms with Gasteiger partial charge in [-0.3, -0.25) is 4.98 Å². The zero-order chi connectivity index (χ0) is 16.3. The van der Waals surface area contributed by atoms with Gasteiger partial charge >= 0.3 is 0 Å². The van der Waals surface area contributed by atoms with Crippen molar-refractivity contribution in [2.45, 2.75) is 9.79 Å². The topological polar surface area (TPSA) is 59.1 Å². The van der Waals surface area contributed by atoms with Crippen LogP contribution < -0.4 is 5.32 Å². The summed E-state index contributed by atoms with van der Waals surface area (Å²) in [4.78, 5) is 4.64. The predicted octanol–water partition coefficient (Wildman–Crippen LogP) is 3.62. The minimum Gasteiger partial charge on any atom is -0.387 e. The minimum atomic E-state index is -3.56. The zero-order valence-electron chi connectivity index (χ0n) is 12.6. The van der Waals surface area contributed by atoms with E-state index in [0.717, 1.165) is 11.1 Å². The highest BCUT2D eigenvalue weighted by Crippen LogP contribution is 2.31. The maximum absolute atomic E-state index is 12.8. The summed E-state index contributed by atoms with van der Waals surface area (Å²) in [6, 6.07) is 17.5. The lowest BCUT2D eigenvalue weighted by atomic mass is 10.1. The van der Waals surface area contributed by atoms with Crippen molar-refractivity contribution in [2.75, 3.05) is 12.4 Å². The molecule has 4 nitrogen and oxygen atoms in total. The lowest BCUT2D eigenvalue weighted by Gasteiger charge is -2.12. The molecule has 3 aromatic rings. The highest BCUT2D eigenvalue weighted by atomic mass is 32.2. The molecule has 1 aromatic heterocycles. The highest BCUT2D eigenvalue weighted by Gasteiger charge is 2.21. The lowest BCUT2D eigenvalue weighted by molar-refractivity contribution is 0.596. The molecule has 1 N–H and O–H groups in total. The Kier molecular flexibility index (Phi) is 4.12. The monoisotopic (exact) mass is 324 g/mol. The molecule has 0 bridgehead atoms. The van der Waals surface area contributed by atoms with E-state index in [1.165, 1.54) is 0 Å². The molecule has 2 aromatic carbocycles. The first-order chi connectivity index (χ1) is 11.1. The fourth-order valence-corrected chi connectivity index (χ4v) is 3.87. The van der Waals surface area contributed by atoms with Gasteiger partial charge < -0.3 is 5.32 Å². The number of nitrogens with zero attached hydrogens (tertiary/aromatic N) is 1. The Morgan fingerprint density at radius 1 is 0.913 bits per heavy atom. The molecule has 0 amide bonds. The maximum atomic E-state index is 12.8. The van der Waals surface area contributed by atoms with Crippen LogP contribution in [-0.2, 0) is 9.84 Å². The summed E-state index contributed by atoms with van der Waals surface area (Å²) >= 11 is 0. The molecule has 0 aliphatic carbocycles. The normalized spacial score (nSPS) is 11.2. The van der Waals surface area contributed by atoms with Gasteiger partial charge in [-0.2, -0.15) is 0 Å². The van der Waals surface area contributed by atoms with Crippen LogP contribution in [0.25, 0.3) is 11.1 Å². The first-order valence-electron chi connectivity index (χ1n) is 7.15. The highest BCUT2D eigenvalue weighted by molar-refractivity contribution is 7.91. The second kappa shape index (κ2) is 6.22. The van der Waals surface area contributed by atoms with Crippen molar-refractivity contribution in [3.05, 3.63) is 73.1 Å². The van der Waals surface area contributed by atoms with Crippen molar-refractivity contribution in [3.8, 4) is 11.1 Å². The summed E-state index contributed by atoms with van der Waals surface area (Å²) in [6.45, 7) is 0. The van der Waals surface area contributed by atoms with Crippen LogP contribution in [0.1, 0.15) is 0 Å². The fraction of sp³-hybridized carbons (Fsp3) is 0.0556. The SMILES string of the molecule is CNc1cc(-c2cccnc2)ccc1S(=O)(=O)c1ccccc1. The summed E-state index contributed by atoms with van der Waals surface area (Å²) in [5.74, 6) is 0. The van der Waals surface area contributed by atoms with Crippen molar-refractivity contribution < 1.29 is 8.42 Å². The van der Waals surface area contributed by atoms with Crippen LogP contribution in [0.3, 0.4) is 0 Å². The van der Waals surface area contributed by atoms with E-state index in [1.807, 2.05) is 18.2 Å². The summed E-state index contributed by atoms with van der Waals surface area (Å²) in [5, 5.41) is 2.98. The molecule has 1 heterocycles. The van der Waals surface area contributed by atoms with Crippen molar-refractivity contribution in [2.24, 2.45) is 0 Å². The van der Waals surface area contributed by atoms with Gasteiger partial charge in [-0.05, 0) is 35.9 Å². The molecule has 116 valence electrons.